The average molecular weight is 536 g/mol. The standard InChI is InChI=1S/C16H25NO4S.C7H8O3S.ClH/c1-4-20-11-14(18)12-21-15-7-5-13(6-8-15)17-16(19)9-10-22(2)3;1-6-2-4-7(5-3-6)11(8,9)10;/h5-8,14,18H,4,9-12H2,1-3H3;2-5H,1H3,(H,8,9,10);1H. The molecule has 0 aliphatic heterocycles. The number of halogens is 1. The van der Waals surface area contributed by atoms with Crippen LogP contribution in [-0.2, 0) is 30.5 Å². The van der Waals surface area contributed by atoms with Gasteiger partial charge in [0.15, 0.2) is 0 Å². The SMILES string of the molecule is CCOCC(O)COc1ccc(NC(=O)CC[S+](C)C)cc1.Cc1ccc(S(=O)(=O)[O-])cc1.Cl. The second kappa shape index (κ2) is 16.7. The van der Waals surface area contributed by atoms with Gasteiger partial charge in [-0.2, -0.15) is 0 Å². The van der Waals surface area contributed by atoms with Crippen molar-refractivity contribution in [1.82, 2.24) is 0 Å². The molecule has 11 heteroatoms. The molecule has 1 unspecified atom stereocenters. The Bertz CT molecular complexity index is 937. The number of ether oxygens (including phenoxy) is 2. The number of rotatable bonds is 11. The summed E-state index contributed by atoms with van der Waals surface area (Å²) >= 11 is 0. The van der Waals surface area contributed by atoms with Crippen LogP contribution in [0.15, 0.2) is 53.4 Å². The Labute approximate surface area is 211 Å². The number of anilines is 1. The van der Waals surface area contributed by atoms with Gasteiger partial charge in [-0.3, -0.25) is 4.79 Å². The number of aliphatic hydroxyl groups excluding tert-OH is 1. The van der Waals surface area contributed by atoms with Gasteiger partial charge < -0.3 is 24.4 Å². The zero-order valence-electron chi connectivity index (χ0n) is 19.9. The van der Waals surface area contributed by atoms with Gasteiger partial charge in [0.1, 0.15) is 34.3 Å². The summed E-state index contributed by atoms with van der Waals surface area (Å²) in [4.78, 5) is 11.6. The van der Waals surface area contributed by atoms with Gasteiger partial charge in [0.25, 0.3) is 0 Å². The highest BCUT2D eigenvalue weighted by Crippen LogP contribution is 2.16. The highest BCUT2D eigenvalue weighted by molar-refractivity contribution is 7.95. The van der Waals surface area contributed by atoms with Crippen molar-refractivity contribution in [3.63, 3.8) is 0 Å². The fraction of sp³-hybridized carbons (Fsp3) is 0.435. The first-order chi connectivity index (χ1) is 15.5. The van der Waals surface area contributed by atoms with Crippen LogP contribution in [0.5, 0.6) is 5.75 Å². The van der Waals surface area contributed by atoms with Crippen molar-refractivity contribution < 1.29 is 32.3 Å². The molecule has 34 heavy (non-hydrogen) atoms. The molecule has 2 rings (SSSR count). The highest BCUT2D eigenvalue weighted by atomic mass is 35.5. The van der Waals surface area contributed by atoms with Gasteiger partial charge in [0.2, 0.25) is 5.91 Å². The first-order valence-electron chi connectivity index (χ1n) is 10.4. The van der Waals surface area contributed by atoms with Gasteiger partial charge in [0.05, 0.1) is 30.4 Å². The molecule has 0 fully saturated rings. The normalized spacial score (nSPS) is 11.6. The summed E-state index contributed by atoms with van der Waals surface area (Å²) in [7, 11) is -3.99. The molecule has 0 saturated heterocycles. The smallest absolute Gasteiger partial charge is 0.229 e. The van der Waals surface area contributed by atoms with E-state index in [9.17, 15) is 22.9 Å². The van der Waals surface area contributed by atoms with Crippen LogP contribution >= 0.6 is 12.4 Å². The van der Waals surface area contributed by atoms with Crippen LogP contribution in [0.2, 0.25) is 0 Å². The minimum absolute atomic E-state index is 0. The van der Waals surface area contributed by atoms with E-state index in [4.69, 9.17) is 9.47 Å². The van der Waals surface area contributed by atoms with E-state index in [0.29, 0.717) is 18.8 Å². The van der Waals surface area contributed by atoms with Crippen molar-refractivity contribution in [3.05, 3.63) is 54.1 Å². The quantitative estimate of drug-likeness (QED) is 0.334. The summed E-state index contributed by atoms with van der Waals surface area (Å²) in [5.41, 5.74) is 1.68. The molecule has 8 nitrogen and oxygen atoms in total. The molecule has 1 atom stereocenters. The van der Waals surface area contributed by atoms with E-state index in [0.717, 1.165) is 17.0 Å². The lowest BCUT2D eigenvalue weighted by molar-refractivity contribution is -0.115. The van der Waals surface area contributed by atoms with Gasteiger partial charge in [-0.05, 0) is 61.1 Å². The fourth-order valence-corrected chi connectivity index (χ4v) is 3.42. The Hall–Kier alpha value is -1.82. The van der Waals surface area contributed by atoms with Gasteiger partial charge >= 0.3 is 0 Å². The largest absolute Gasteiger partial charge is 0.744 e. The van der Waals surface area contributed by atoms with E-state index >= 15 is 0 Å². The number of hydrogen-bond acceptors (Lipinski definition) is 7. The van der Waals surface area contributed by atoms with Crippen molar-refractivity contribution in [2.24, 2.45) is 0 Å². The van der Waals surface area contributed by atoms with Crippen molar-refractivity contribution in [2.45, 2.75) is 31.3 Å². The maximum atomic E-state index is 11.7. The molecule has 192 valence electrons. The molecule has 0 aliphatic rings. The number of benzene rings is 2. The number of carbonyl (C=O) groups is 1. The molecule has 0 bridgehead atoms. The van der Waals surface area contributed by atoms with Crippen LogP contribution in [-0.4, -0.2) is 68.2 Å². The minimum Gasteiger partial charge on any atom is -0.744 e. The number of hydrogen-bond donors (Lipinski definition) is 2. The number of nitrogens with one attached hydrogen (secondary N) is 1. The van der Waals surface area contributed by atoms with E-state index in [-0.39, 0.29) is 47.3 Å². The van der Waals surface area contributed by atoms with E-state index < -0.39 is 16.2 Å². The third kappa shape index (κ3) is 14.4. The number of carbonyl (C=O) groups excluding carboxylic acids is 1. The summed E-state index contributed by atoms with van der Waals surface area (Å²) < 4.78 is 41.7. The topological polar surface area (TPSA) is 125 Å². The molecule has 0 saturated carbocycles. The predicted molar refractivity (Wildman–Crippen MR) is 138 cm³/mol. The molecular weight excluding hydrogens is 502 g/mol. The maximum Gasteiger partial charge on any atom is 0.229 e. The molecule has 0 spiro atoms. The zero-order chi connectivity index (χ0) is 24.9. The molecule has 1 amide bonds. The molecule has 2 N–H and O–H groups in total. The molecule has 0 radical (unpaired) electrons. The summed E-state index contributed by atoms with van der Waals surface area (Å²) in [6.07, 6.45) is 4.15. The van der Waals surface area contributed by atoms with Crippen LogP contribution in [0.3, 0.4) is 0 Å². The lowest BCUT2D eigenvalue weighted by atomic mass is 10.2. The summed E-state index contributed by atoms with van der Waals surface area (Å²) in [5, 5.41) is 12.5. The average Bonchev–Trinajstić information content (AvgIpc) is 2.76. The Morgan fingerprint density at radius 2 is 1.68 bits per heavy atom. The summed E-state index contributed by atoms with van der Waals surface area (Å²) in [6.45, 7) is 4.72. The van der Waals surface area contributed by atoms with E-state index in [1.807, 2.05) is 13.8 Å². The van der Waals surface area contributed by atoms with Gasteiger partial charge in [-0.25, -0.2) is 8.42 Å². The minimum atomic E-state index is -4.27. The number of aliphatic hydroxyl groups is 1. The Balaban J connectivity index is 0.000000763. The highest BCUT2D eigenvalue weighted by Gasteiger charge is 2.09. The number of amides is 1. The third-order valence-corrected chi connectivity index (χ3v) is 6.01. The molecule has 2 aromatic rings. The number of aryl methyl sites for hydroxylation is 1. The Morgan fingerprint density at radius 3 is 2.18 bits per heavy atom. The first kappa shape index (κ1) is 32.2. The Kier molecular flexibility index (Phi) is 15.9. The van der Waals surface area contributed by atoms with Gasteiger partial charge in [-0.15, -0.1) is 12.4 Å². The third-order valence-electron chi connectivity index (χ3n) is 4.14. The molecular formula is C23H34ClNO7S2. The van der Waals surface area contributed by atoms with E-state index in [1.165, 1.54) is 12.1 Å². The lowest BCUT2D eigenvalue weighted by Crippen LogP contribution is -2.23. The van der Waals surface area contributed by atoms with Crippen LogP contribution in [0.4, 0.5) is 5.69 Å². The zero-order valence-corrected chi connectivity index (χ0v) is 22.3. The van der Waals surface area contributed by atoms with Crippen LogP contribution in [0.25, 0.3) is 0 Å². The van der Waals surface area contributed by atoms with Crippen LogP contribution < -0.4 is 10.1 Å². The first-order valence-corrected chi connectivity index (χ1v) is 14.0. The summed E-state index contributed by atoms with van der Waals surface area (Å²) in [5.74, 6) is 1.59. The van der Waals surface area contributed by atoms with Crippen LogP contribution in [0, 0.1) is 6.92 Å². The van der Waals surface area contributed by atoms with Crippen molar-refractivity contribution in [3.8, 4) is 5.75 Å². The monoisotopic (exact) mass is 535 g/mol. The van der Waals surface area contributed by atoms with Crippen molar-refractivity contribution in [1.29, 1.82) is 0 Å². The van der Waals surface area contributed by atoms with Gasteiger partial charge in [0, 0.05) is 12.3 Å². The summed E-state index contributed by atoms with van der Waals surface area (Å²) in [6, 6.07) is 12.9. The second-order valence-electron chi connectivity index (χ2n) is 7.40. The molecule has 0 heterocycles. The molecule has 0 aromatic heterocycles. The molecule has 0 aliphatic carbocycles. The molecule has 2 aromatic carbocycles. The Morgan fingerprint density at radius 1 is 1.09 bits per heavy atom. The fourth-order valence-electron chi connectivity index (χ4n) is 2.35. The van der Waals surface area contributed by atoms with E-state index in [1.54, 1.807) is 36.4 Å². The second-order valence-corrected chi connectivity index (χ2v) is 11.2. The van der Waals surface area contributed by atoms with E-state index in [2.05, 4.69) is 17.8 Å². The van der Waals surface area contributed by atoms with Crippen LogP contribution in [0.1, 0.15) is 18.9 Å². The van der Waals surface area contributed by atoms with Crippen molar-refractivity contribution >= 4 is 45.0 Å². The van der Waals surface area contributed by atoms with Crippen molar-refractivity contribution in [2.75, 3.05) is 43.4 Å². The van der Waals surface area contributed by atoms with Gasteiger partial charge in [-0.1, -0.05) is 17.7 Å². The maximum absolute atomic E-state index is 11.7. The lowest BCUT2D eigenvalue weighted by Gasteiger charge is -2.12. The predicted octanol–water partition coefficient (Wildman–Crippen LogP) is 2.99.